The lowest BCUT2D eigenvalue weighted by Crippen LogP contribution is -2.20. The van der Waals surface area contributed by atoms with E-state index in [1.807, 2.05) is 31.1 Å². The van der Waals surface area contributed by atoms with Gasteiger partial charge in [0, 0.05) is 23.5 Å². The third-order valence-corrected chi connectivity index (χ3v) is 3.16. The van der Waals surface area contributed by atoms with Crippen LogP contribution in [0.2, 0.25) is 5.02 Å². The molecule has 0 unspecified atom stereocenters. The number of carbonyl (C=O) groups excluding carboxylic acids is 1. The van der Waals surface area contributed by atoms with E-state index in [9.17, 15) is 4.79 Å². The van der Waals surface area contributed by atoms with Crippen LogP contribution in [0.3, 0.4) is 0 Å². The molecule has 0 saturated carbocycles. The summed E-state index contributed by atoms with van der Waals surface area (Å²) in [6.07, 6.45) is 1.62. The molecule has 0 saturated heterocycles. The van der Waals surface area contributed by atoms with E-state index in [1.54, 1.807) is 30.5 Å². The Morgan fingerprint density at radius 1 is 1.26 bits per heavy atom. The second kappa shape index (κ2) is 9.35. The van der Waals surface area contributed by atoms with Crippen molar-refractivity contribution in [1.82, 2.24) is 9.88 Å². The summed E-state index contributed by atoms with van der Waals surface area (Å²) < 4.78 is 5.25. The van der Waals surface area contributed by atoms with Crippen LogP contribution in [0, 0.1) is 0 Å². The highest BCUT2D eigenvalue weighted by atomic mass is 35.5. The van der Waals surface area contributed by atoms with Gasteiger partial charge in [0.2, 0.25) is 0 Å². The van der Waals surface area contributed by atoms with Gasteiger partial charge in [-0.2, -0.15) is 0 Å². The van der Waals surface area contributed by atoms with Crippen LogP contribution in [-0.2, 0) is 4.74 Å². The molecule has 7 heteroatoms. The maximum Gasteiger partial charge on any atom is 0.341 e. The summed E-state index contributed by atoms with van der Waals surface area (Å²) in [6.45, 7) is 1.01. The van der Waals surface area contributed by atoms with Gasteiger partial charge < -0.3 is 15.0 Å². The van der Waals surface area contributed by atoms with Crippen LogP contribution in [0.25, 0.3) is 0 Å². The molecule has 1 N–H and O–H groups in total. The van der Waals surface area contributed by atoms with Gasteiger partial charge in [-0.3, -0.25) is 0 Å². The van der Waals surface area contributed by atoms with Gasteiger partial charge in [0.25, 0.3) is 0 Å². The molecule has 1 aromatic heterocycles. The number of pyridine rings is 1. The van der Waals surface area contributed by atoms with Crippen molar-refractivity contribution in [2.75, 3.05) is 32.6 Å². The molecule has 124 valence electrons. The second-order valence-corrected chi connectivity index (χ2v) is 5.41. The smallest absolute Gasteiger partial charge is 0.341 e. The number of aromatic nitrogens is 1. The number of hydrogen-bond donors (Lipinski definition) is 1. The molecule has 23 heavy (non-hydrogen) atoms. The van der Waals surface area contributed by atoms with Gasteiger partial charge in [-0.25, -0.2) is 9.78 Å². The average Bonchev–Trinajstić information content (AvgIpc) is 2.49. The molecule has 0 aliphatic carbocycles. The minimum absolute atomic E-state index is 0. The topological polar surface area (TPSA) is 54.5 Å². The fraction of sp³-hybridized carbons (Fsp3) is 0.250. The largest absolute Gasteiger partial charge is 0.461 e. The van der Waals surface area contributed by atoms with Crippen molar-refractivity contribution >= 4 is 41.5 Å². The van der Waals surface area contributed by atoms with E-state index < -0.39 is 5.97 Å². The monoisotopic (exact) mass is 355 g/mol. The fourth-order valence-corrected chi connectivity index (χ4v) is 1.86. The third-order valence-electron chi connectivity index (χ3n) is 2.91. The fourth-order valence-electron chi connectivity index (χ4n) is 1.74. The zero-order chi connectivity index (χ0) is 15.9. The SMILES string of the molecule is CN(C)CCOC(=O)c1cccnc1Nc1ccc(Cl)cc1.Cl. The lowest BCUT2D eigenvalue weighted by Gasteiger charge is -2.12. The Kier molecular flexibility index (Phi) is 7.81. The Morgan fingerprint density at radius 3 is 2.61 bits per heavy atom. The van der Waals surface area contributed by atoms with Crippen molar-refractivity contribution in [1.29, 1.82) is 0 Å². The van der Waals surface area contributed by atoms with Crippen LogP contribution < -0.4 is 5.32 Å². The van der Waals surface area contributed by atoms with E-state index in [2.05, 4.69) is 10.3 Å². The van der Waals surface area contributed by atoms with Crippen molar-refractivity contribution in [3.63, 3.8) is 0 Å². The highest BCUT2D eigenvalue weighted by molar-refractivity contribution is 6.30. The second-order valence-electron chi connectivity index (χ2n) is 4.97. The van der Waals surface area contributed by atoms with Crippen molar-refractivity contribution in [3.05, 3.63) is 53.2 Å². The molecule has 2 rings (SSSR count). The number of ether oxygens (including phenoxy) is 1. The third kappa shape index (κ3) is 6.06. The van der Waals surface area contributed by atoms with E-state index in [1.165, 1.54) is 0 Å². The molecular weight excluding hydrogens is 337 g/mol. The van der Waals surface area contributed by atoms with E-state index in [0.29, 0.717) is 29.6 Å². The zero-order valence-electron chi connectivity index (χ0n) is 13.0. The molecule has 5 nitrogen and oxygen atoms in total. The summed E-state index contributed by atoms with van der Waals surface area (Å²) >= 11 is 5.86. The summed E-state index contributed by atoms with van der Waals surface area (Å²) in [7, 11) is 3.84. The van der Waals surface area contributed by atoms with Crippen LogP contribution in [0.5, 0.6) is 0 Å². The molecule has 1 heterocycles. The van der Waals surface area contributed by atoms with Crippen LogP contribution in [0.15, 0.2) is 42.6 Å². The van der Waals surface area contributed by atoms with Gasteiger partial charge in [-0.05, 0) is 50.5 Å². The van der Waals surface area contributed by atoms with Crippen LogP contribution in [-0.4, -0.2) is 43.1 Å². The normalized spacial score (nSPS) is 10.1. The van der Waals surface area contributed by atoms with Crippen molar-refractivity contribution in [2.24, 2.45) is 0 Å². The minimum Gasteiger partial charge on any atom is -0.461 e. The van der Waals surface area contributed by atoms with E-state index in [-0.39, 0.29) is 12.4 Å². The van der Waals surface area contributed by atoms with Crippen molar-refractivity contribution < 1.29 is 9.53 Å². The summed E-state index contributed by atoms with van der Waals surface area (Å²) in [4.78, 5) is 18.3. The average molecular weight is 356 g/mol. The van der Waals surface area contributed by atoms with Gasteiger partial charge in [0.1, 0.15) is 18.0 Å². The highest BCUT2D eigenvalue weighted by Gasteiger charge is 2.14. The molecule has 0 spiro atoms. The number of anilines is 2. The predicted molar refractivity (Wildman–Crippen MR) is 95.1 cm³/mol. The van der Waals surface area contributed by atoms with Crippen molar-refractivity contribution in [2.45, 2.75) is 0 Å². The molecule has 0 aliphatic rings. The highest BCUT2D eigenvalue weighted by Crippen LogP contribution is 2.20. The first-order valence-electron chi connectivity index (χ1n) is 6.86. The molecule has 1 aromatic carbocycles. The standard InChI is InChI=1S/C16H18ClN3O2.ClH/c1-20(2)10-11-22-16(21)14-4-3-9-18-15(14)19-13-7-5-12(17)6-8-13;/h3-9H,10-11H2,1-2H3,(H,18,19);1H. The van der Waals surface area contributed by atoms with Gasteiger partial charge >= 0.3 is 5.97 Å². The first-order chi connectivity index (χ1) is 10.6. The van der Waals surface area contributed by atoms with Gasteiger partial charge in [0.05, 0.1) is 0 Å². The first-order valence-corrected chi connectivity index (χ1v) is 7.23. The summed E-state index contributed by atoms with van der Waals surface area (Å²) in [6, 6.07) is 10.6. The first kappa shape index (κ1) is 19.2. The summed E-state index contributed by atoms with van der Waals surface area (Å²) in [5, 5.41) is 3.75. The number of carbonyl (C=O) groups is 1. The van der Waals surface area contributed by atoms with Crippen molar-refractivity contribution in [3.8, 4) is 0 Å². The Bertz CT molecular complexity index is 633. The number of halogens is 2. The quantitative estimate of drug-likeness (QED) is 0.802. The number of nitrogens with zero attached hydrogens (tertiary/aromatic N) is 2. The molecule has 0 fully saturated rings. The van der Waals surface area contributed by atoms with E-state index >= 15 is 0 Å². The van der Waals surface area contributed by atoms with Crippen LogP contribution in [0.1, 0.15) is 10.4 Å². The number of likely N-dealkylation sites (N-methyl/N-ethyl adjacent to an activating group) is 1. The van der Waals surface area contributed by atoms with Gasteiger partial charge in [-0.1, -0.05) is 11.6 Å². The summed E-state index contributed by atoms with van der Waals surface area (Å²) in [5.41, 5.74) is 1.20. The molecular formula is C16H19Cl2N3O2. The zero-order valence-corrected chi connectivity index (χ0v) is 14.5. The Hall–Kier alpha value is -1.82. The molecule has 0 atom stereocenters. The van der Waals surface area contributed by atoms with Gasteiger partial charge in [0.15, 0.2) is 0 Å². The minimum atomic E-state index is -0.397. The number of rotatable bonds is 6. The predicted octanol–water partition coefficient (Wildman–Crippen LogP) is 3.62. The molecule has 0 aliphatic heterocycles. The Labute approximate surface area is 147 Å². The maximum atomic E-state index is 12.1. The van der Waals surface area contributed by atoms with Crippen LogP contribution in [0.4, 0.5) is 11.5 Å². The number of nitrogens with one attached hydrogen (secondary N) is 1. The molecule has 0 radical (unpaired) electrons. The molecule has 0 bridgehead atoms. The number of benzene rings is 1. The number of esters is 1. The number of hydrogen-bond acceptors (Lipinski definition) is 5. The summed E-state index contributed by atoms with van der Waals surface area (Å²) in [5.74, 6) is 0.0612. The van der Waals surface area contributed by atoms with E-state index in [4.69, 9.17) is 16.3 Å². The Morgan fingerprint density at radius 2 is 1.96 bits per heavy atom. The Balaban J connectivity index is 0.00000264. The van der Waals surface area contributed by atoms with Crippen LogP contribution >= 0.6 is 24.0 Å². The lowest BCUT2D eigenvalue weighted by atomic mass is 10.2. The molecule has 2 aromatic rings. The van der Waals surface area contributed by atoms with E-state index in [0.717, 1.165) is 5.69 Å². The van der Waals surface area contributed by atoms with Gasteiger partial charge in [-0.15, -0.1) is 12.4 Å². The molecule has 0 amide bonds. The maximum absolute atomic E-state index is 12.1. The lowest BCUT2D eigenvalue weighted by molar-refractivity contribution is 0.0482.